The number of aromatic nitrogens is 2. The van der Waals surface area contributed by atoms with Gasteiger partial charge in [-0.25, -0.2) is 9.18 Å². The first-order valence-electron chi connectivity index (χ1n) is 7.51. The normalized spacial score (nSPS) is 22.4. The summed E-state index contributed by atoms with van der Waals surface area (Å²) in [7, 11) is 0. The van der Waals surface area contributed by atoms with Gasteiger partial charge in [0.05, 0.1) is 18.9 Å². The fraction of sp³-hybridized carbons (Fsp3) is 0.667. The number of halogens is 2. The molecule has 2 unspecified atom stereocenters. The highest BCUT2D eigenvalue weighted by molar-refractivity contribution is 6.29. The van der Waals surface area contributed by atoms with E-state index in [9.17, 15) is 9.18 Å². The lowest BCUT2D eigenvalue weighted by atomic mass is 10.1. The lowest BCUT2D eigenvalue weighted by Gasteiger charge is -2.27. The fourth-order valence-electron chi connectivity index (χ4n) is 2.25. The molecule has 0 N–H and O–H groups in total. The third-order valence-electron chi connectivity index (χ3n) is 3.22. The Morgan fingerprint density at radius 2 is 2.17 bits per heavy atom. The third kappa shape index (κ3) is 5.49. The van der Waals surface area contributed by atoms with Crippen LogP contribution in [0.25, 0.3) is 0 Å². The van der Waals surface area contributed by atoms with Crippen LogP contribution in [-0.4, -0.2) is 51.9 Å². The van der Waals surface area contributed by atoms with E-state index in [0.717, 1.165) is 0 Å². The summed E-state index contributed by atoms with van der Waals surface area (Å²) in [6.45, 7) is 5.68. The minimum absolute atomic E-state index is 0.0758. The molecule has 6 nitrogen and oxygen atoms in total. The van der Waals surface area contributed by atoms with Crippen molar-refractivity contribution < 1.29 is 18.7 Å². The van der Waals surface area contributed by atoms with Crippen LogP contribution < -0.4 is 4.74 Å². The molecule has 1 aliphatic heterocycles. The van der Waals surface area contributed by atoms with Gasteiger partial charge in [-0.3, -0.25) is 4.98 Å². The molecule has 23 heavy (non-hydrogen) atoms. The van der Waals surface area contributed by atoms with Crippen molar-refractivity contribution >= 4 is 17.7 Å². The first-order valence-corrected chi connectivity index (χ1v) is 7.88. The van der Waals surface area contributed by atoms with E-state index in [1.165, 1.54) is 17.3 Å². The van der Waals surface area contributed by atoms with E-state index in [-0.39, 0.29) is 17.6 Å². The van der Waals surface area contributed by atoms with E-state index < -0.39 is 24.0 Å². The fourth-order valence-corrected chi connectivity index (χ4v) is 2.39. The van der Waals surface area contributed by atoms with E-state index in [4.69, 9.17) is 21.1 Å². The zero-order valence-corrected chi connectivity index (χ0v) is 14.2. The highest BCUT2D eigenvalue weighted by Gasteiger charge is 2.33. The maximum absolute atomic E-state index is 14.5. The van der Waals surface area contributed by atoms with Crippen molar-refractivity contribution in [1.29, 1.82) is 0 Å². The maximum atomic E-state index is 14.5. The lowest BCUT2D eigenvalue weighted by molar-refractivity contribution is 0.0177. The molecule has 1 aromatic heterocycles. The van der Waals surface area contributed by atoms with Gasteiger partial charge in [-0.15, -0.1) is 0 Å². The van der Waals surface area contributed by atoms with Crippen LogP contribution in [0, 0.1) is 0 Å². The molecule has 0 saturated carbocycles. The minimum atomic E-state index is -1.34. The summed E-state index contributed by atoms with van der Waals surface area (Å²) in [4.78, 5) is 21.3. The number of rotatable bonds is 2. The van der Waals surface area contributed by atoms with Crippen LogP contribution in [0.15, 0.2) is 12.4 Å². The van der Waals surface area contributed by atoms with Gasteiger partial charge < -0.3 is 14.4 Å². The van der Waals surface area contributed by atoms with Crippen molar-refractivity contribution in [3.8, 4) is 5.88 Å². The van der Waals surface area contributed by atoms with Crippen molar-refractivity contribution in [3.05, 3.63) is 17.5 Å². The Kier molecular flexibility index (Phi) is 5.62. The molecule has 0 aromatic carbocycles. The second-order valence-electron chi connectivity index (χ2n) is 6.42. The first kappa shape index (κ1) is 17.7. The summed E-state index contributed by atoms with van der Waals surface area (Å²) in [5.74, 6) is 0.177. The van der Waals surface area contributed by atoms with Gasteiger partial charge >= 0.3 is 6.09 Å². The predicted molar refractivity (Wildman–Crippen MR) is 83.4 cm³/mol. The van der Waals surface area contributed by atoms with Crippen LogP contribution in [0.3, 0.4) is 0 Å². The molecule has 8 heteroatoms. The van der Waals surface area contributed by atoms with E-state index >= 15 is 0 Å². The Balaban J connectivity index is 1.98. The van der Waals surface area contributed by atoms with Crippen LogP contribution in [0.4, 0.5) is 9.18 Å². The molecule has 0 aliphatic carbocycles. The Morgan fingerprint density at radius 3 is 2.83 bits per heavy atom. The van der Waals surface area contributed by atoms with Gasteiger partial charge in [-0.1, -0.05) is 11.6 Å². The first-order chi connectivity index (χ1) is 10.7. The minimum Gasteiger partial charge on any atom is -0.470 e. The van der Waals surface area contributed by atoms with Gasteiger partial charge in [-0.2, -0.15) is 4.98 Å². The average Bonchev–Trinajstić information content (AvgIpc) is 2.60. The topological polar surface area (TPSA) is 64.5 Å². The van der Waals surface area contributed by atoms with Gasteiger partial charge in [0.15, 0.2) is 11.3 Å². The van der Waals surface area contributed by atoms with Gasteiger partial charge in [0.2, 0.25) is 5.88 Å². The molecule has 2 atom stereocenters. The monoisotopic (exact) mass is 345 g/mol. The number of likely N-dealkylation sites (tertiary alicyclic amines) is 1. The highest BCUT2D eigenvalue weighted by atomic mass is 35.5. The average molecular weight is 346 g/mol. The largest absolute Gasteiger partial charge is 0.470 e. The lowest BCUT2D eigenvalue weighted by Crippen LogP contribution is -2.42. The molecular weight excluding hydrogens is 325 g/mol. The molecule has 2 heterocycles. The smallest absolute Gasteiger partial charge is 0.410 e. The number of carbonyl (C=O) groups excluding carboxylic acids is 1. The quantitative estimate of drug-likeness (QED) is 0.823. The van der Waals surface area contributed by atoms with Gasteiger partial charge in [-0.05, 0) is 33.6 Å². The van der Waals surface area contributed by atoms with E-state index in [1.807, 2.05) is 0 Å². The third-order valence-corrected chi connectivity index (χ3v) is 3.40. The Hall–Kier alpha value is -1.63. The SMILES string of the molecule is CC(C)(C)OC(=O)N1CCCC(Oc2cncc(Cl)n2)C(F)C1. The second-order valence-corrected chi connectivity index (χ2v) is 6.81. The van der Waals surface area contributed by atoms with Gasteiger partial charge in [0.25, 0.3) is 0 Å². The van der Waals surface area contributed by atoms with Gasteiger partial charge in [0, 0.05) is 6.54 Å². The summed E-state index contributed by atoms with van der Waals surface area (Å²) < 4.78 is 25.3. The number of amides is 1. The number of hydrogen-bond donors (Lipinski definition) is 0. The Labute approximate surface area is 139 Å². The molecule has 1 aliphatic rings. The molecule has 0 spiro atoms. The molecular formula is C15H21ClFN3O3. The molecule has 128 valence electrons. The second kappa shape index (κ2) is 7.29. The Bertz CT molecular complexity index is 553. The molecule has 0 bridgehead atoms. The van der Waals surface area contributed by atoms with Crippen molar-refractivity contribution in [1.82, 2.24) is 14.9 Å². The van der Waals surface area contributed by atoms with E-state index in [0.29, 0.717) is 19.4 Å². The van der Waals surface area contributed by atoms with Crippen molar-refractivity contribution in [2.24, 2.45) is 0 Å². The zero-order chi connectivity index (χ0) is 17.0. The van der Waals surface area contributed by atoms with Crippen LogP contribution in [0.2, 0.25) is 5.15 Å². The highest BCUT2D eigenvalue weighted by Crippen LogP contribution is 2.22. The molecule has 1 amide bonds. The predicted octanol–water partition coefficient (Wildman–Crippen LogP) is 3.25. The van der Waals surface area contributed by atoms with Crippen LogP contribution >= 0.6 is 11.6 Å². The zero-order valence-electron chi connectivity index (χ0n) is 13.5. The van der Waals surface area contributed by atoms with Crippen molar-refractivity contribution in [2.45, 2.75) is 51.5 Å². The molecule has 1 aromatic rings. The Morgan fingerprint density at radius 1 is 1.43 bits per heavy atom. The van der Waals surface area contributed by atoms with Crippen LogP contribution in [0.5, 0.6) is 5.88 Å². The van der Waals surface area contributed by atoms with E-state index in [2.05, 4.69) is 9.97 Å². The molecule has 1 fully saturated rings. The molecule has 2 rings (SSSR count). The molecule has 0 radical (unpaired) electrons. The summed E-state index contributed by atoms with van der Waals surface area (Å²) in [5, 5.41) is 0.182. The maximum Gasteiger partial charge on any atom is 0.410 e. The summed E-state index contributed by atoms with van der Waals surface area (Å²) in [6, 6.07) is 0. The number of hydrogen-bond acceptors (Lipinski definition) is 5. The number of carbonyl (C=O) groups is 1. The molecule has 1 saturated heterocycles. The standard InChI is InChI=1S/C15H21ClFN3O3/c1-15(2,3)23-14(21)20-6-4-5-11(10(17)9-20)22-13-8-18-7-12(16)19-13/h7-8,10-11H,4-6,9H2,1-3H3. The summed E-state index contributed by atoms with van der Waals surface area (Å²) in [5.41, 5.74) is -0.610. The van der Waals surface area contributed by atoms with E-state index in [1.54, 1.807) is 20.8 Å². The number of nitrogens with zero attached hydrogens (tertiary/aromatic N) is 3. The van der Waals surface area contributed by atoms with Crippen LogP contribution in [0.1, 0.15) is 33.6 Å². The summed E-state index contributed by atoms with van der Waals surface area (Å²) in [6.07, 6.45) is 1.28. The van der Waals surface area contributed by atoms with Crippen LogP contribution in [-0.2, 0) is 4.74 Å². The van der Waals surface area contributed by atoms with Crippen molar-refractivity contribution in [3.63, 3.8) is 0 Å². The number of alkyl halides is 1. The number of ether oxygens (including phenoxy) is 2. The van der Waals surface area contributed by atoms with Crippen molar-refractivity contribution in [2.75, 3.05) is 13.1 Å². The summed E-state index contributed by atoms with van der Waals surface area (Å²) >= 11 is 5.74. The van der Waals surface area contributed by atoms with Gasteiger partial charge in [0.1, 0.15) is 11.7 Å².